The Balaban J connectivity index is 2.40. The molecule has 1 N–H and O–H groups in total. The average Bonchev–Trinajstić information content (AvgIpc) is 2.94. The molecule has 0 saturated heterocycles. The zero-order valence-electron chi connectivity index (χ0n) is 11.2. The Morgan fingerprint density at radius 3 is 2.71 bits per heavy atom. The number of hydrogen-bond donors (Lipinski definition) is 1. The molecular formula is C14H12N2O3S2. The highest BCUT2D eigenvalue weighted by Gasteiger charge is 2.21. The molecule has 0 unspecified atom stereocenters. The molecule has 0 radical (unpaired) electrons. The van der Waals surface area contributed by atoms with Gasteiger partial charge in [0.2, 0.25) is 0 Å². The molecule has 0 fully saturated rings. The number of sulfone groups is 1. The van der Waals surface area contributed by atoms with Crippen molar-refractivity contribution < 1.29 is 13.2 Å². The Hall–Kier alpha value is -2.17. The van der Waals surface area contributed by atoms with Gasteiger partial charge in [-0.25, -0.2) is 8.42 Å². The molecule has 0 atom stereocenters. The Labute approximate surface area is 126 Å². The molecule has 5 nitrogen and oxygen atoms in total. The molecule has 0 saturated carbocycles. The fraction of sp³-hybridized carbons (Fsp3) is 0.143. The van der Waals surface area contributed by atoms with Crippen LogP contribution < -0.4 is 5.32 Å². The quantitative estimate of drug-likeness (QED) is 0.938. The Kier molecular flexibility index (Phi) is 4.40. The minimum Gasteiger partial charge on any atom is -0.312 e. The van der Waals surface area contributed by atoms with Crippen molar-refractivity contribution in [2.45, 2.75) is 11.8 Å². The summed E-state index contributed by atoms with van der Waals surface area (Å²) in [6.45, 7) is 1.52. The van der Waals surface area contributed by atoms with E-state index in [2.05, 4.69) is 5.32 Å². The Morgan fingerprint density at radius 2 is 2.05 bits per heavy atom. The lowest BCUT2D eigenvalue weighted by Crippen LogP contribution is -2.17. The maximum Gasteiger partial charge on any atom is 0.257 e. The van der Waals surface area contributed by atoms with Crippen molar-refractivity contribution in [2.75, 3.05) is 11.1 Å². The monoisotopic (exact) mass is 320 g/mol. The average molecular weight is 320 g/mol. The number of benzene rings is 1. The number of nitrogens with one attached hydrogen (secondary N) is 1. The van der Waals surface area contributed by atoms with Crippen LogP contribution in [-0.4, -0.2) is 20.1 Å². The van der Waals surface area contributed by atoms with Crippen LogP contribution in [0, 0.1) is 11.3 Å². The summed E-state index contributed by atoms with van der Waals surface area (Å²) in [6, 6.07) is 9.60. The molecule has 0 aliphatic carbocycles. The number of anilines is 1. The number of carbonyl (C=O) groups is 1. The summed E-state index contributed by atoms with van der Waals surface area (Å²) in [6.07, 6.45) is 0. The fourth-order valence-corrected chi connectivity index (χ4v) is 3.57. The summed E-state index contributed by atoms with van der Waals surface area (Å²) in [7, 11) is -3.49. The second kappa shape index (κ2) is 6.08. The van der Waals surface area contributed by atoms with Crippen molar-refractivity contribution in [3.8, 4) is 6.07 Å². The molecule has 1 aromatic heterocycles. The van der Waals surface area contributed by atoms with Gasteiger partial charge >= 0.3 is 0 Å². The first-order valence-corrected chi connectivity index (χ1v) is 8.63. The number of amides is 1. The van der Waals surface area contributed by atoms with Gasteiger partial charge in [0.1, 0.15) is 11.1 Å². The van der Waals surface area contributed by atoms with Crippen LogP contribution in [0.15, 0.2) is 40.6 Å². The molecular weight excluding hydrogens is 308 g/mol. The van der Waals surface area contributed by atoms with Gasteiger partial charge in [0, 0.05) is 0 Å². The van der Waals surface area contributed by atoms with Crippen LogP contribution in [-0.2, 0) is 9.84 Å². The number of rotatable bonds is 4. The van der Waals surface area contributed by atoms with Gasteiger partial charge in [-0.3, -0.25) is 4.79 Å². The molecule has 7 heteroatoms. The molecule has 1 aromatic carbocycles. The lowest BCUT2D eigenvalue weighted by atomic mass is 10.2. The third-order valence-electron chi connectivity index (χ3n) is 2.86. The molecule has 108 valence electrons. The van der Waals surface area contributed by atoms with E-state index in [1.165, 1.54) is 30.4 Å². The van der Waals surface area contributed by atoms with Gasteiger partial charge in [-0.2, -0.15) is 5.26 Å². The number of nitrogens with zero attached hydrogens (tertiary/aromatic N) is 1. The SMILES string of the molecule is CCS(=O)(=O)c1ccccc1C(=O)Nc1sccc1C#N. The van der Waals surface area contributed by atoms with E-state index in [4.69, 9.17) is 5.26 Å². The largest absolute Gasteiger partial charge is 0.312 e. The molecule has 0 aliphatic heterocycles. The predicted molar refractivity (Wildman–Crippen MR) is 81.2 cm³/mol. The first-order chi connectivity index (χ1) is 9.99. The standard InChI is InChI=1S/C14H12N2O3S2/c1-2-21(18,19)12-6-4-3-5-11(12)13(17)16-14-10(9-15)7-8-20-14/h3-8H,2H2,1H3,(H,16,17). The van der Waals surface area contributed by atoms with Gasteiger partial charge in [0.15, 0.2) is 9.84 Å². The third-order valence-corrected chi connectivity index (χ3v) is 5.48. The lowest BCUT2D eigenvalue weighted by Gasteiger charge is -2.09. The van der Waals surface area contributed by atoms with Gasteiger partial charge in [0.25, 0.3) is 5.91 Å². The van der Waals surface area contributed by atoms with Crippen molar-refractivity contribution >= 4 is 32.1 Å². The van der Waals surface area contributed by atoms with Gasteiger partial charge in [-0.1, -0.05) is 19.1 Å². The third kappa shape index (κ3) is 3.12. The lowest BCUT2D eigenvalue weighted by molar-refractivity contribution is 0.102. The first kappa shape index (κ1) is 15.2. The highest BCUT2D eigenvalue weighted by atomic mass is 32.2. The molecule has 2 aromatic rings. The molecule has 1 heterocycles. The van der Waals surface area contributed by atoms with Gasteiger partial charge in [-0.15, -0.1) is 11.3 Å². The summed E-state index contributed by atoms with van der Waals surface area (Å²) < 4.78 is 24.0. The number of thiophene rings is 1. The minimum absolute atomic E-state index is 0.0000591. The predicted octanol–water partition coefficient (Wildman–Crippen LogP) is 2.67. The topological polar surface area (TPSA) is 87.0 Å². The minimum atomic E-state index is -3.49. The zero-order chi connectivity index (χ0) is 15.5. The van der Waals surface area contributed by atoms with Crippen LogP contribution in [0.3, 0.4) is 0 Å². The van der Waals surface area contributed by atoms with E-state index in [1.54, 1.807) is 23.6 Å². The molecule has 2 rings (SSSR count). The van der Waals surface area contributed by atoms with E-state index < -0.39 is 15.7 Å². The number of carbonyl (C=O) groups excluding carboxylic acids is 1. The van der Waals surface area contributed by atoms with Crippen molar-refractivity contribution in [1.82, 2.24) is 0 Å². The van der Waals surface area contributed by atoms with Crippen molar-refractivity contribution in [2.24, 2.45) is 0 Å². The van der Waals surface area contributed by atoms with Crippen molar-refractivity contribution in [1.29, 1.82) is 5.26 Å². The van der Waals surface area contributed by atoms with E-state index in [0.717, 1.165) is 0 Å². The van der Waals surface area contributed by atoms with Gasteiger partial charge in [-0.05, 0) is 23.6 Å². The Morgan fingerprint density at radius 1 is 1.33 bits per heavy atom. The number of nitriles is 1. The van der Waals surface area contributed by atoms with Crippen LogP contribution in [0.5, 0.6) is 0 Å². The van der Waals surface area contributed by atoms with Crippen LogP contribution >= 0.6 is 11.3 Å². The van der Waals surface area contributed by atoms with E-state index in [1.807, 2.05) is 6.07 Å². The normalized spacial score (nSPS) is 10.9. The van der Waals surface area contributed by atoms with Crippen LogP contribution in [0.25, 0.3) is 0 Å². The van der Waals surface area contributed by atoms with Crippen LogP contribution in [0.2, 0.25) is 0 Å². The molecule has 0 bridgehead atoms. The van der Waals surface area contributed by atoms with E-state index in [-0.39, 0.29) is 16.2 Å². The highest BCUT2D eigenvalue weighted by molar-refractivity contribution is 7.91. The van der Waals surface area contributed by atoms with Crippen LogP contribution in [0.1, 0.15) is 22.8 Å². The fourth-order valence-electron chi connectivity index (χ4n) is 1.75. The smallest absolute Gasteiger partial charge is 0.257 e. The molecule has 0 spiro atoms. The summed E-state index contributed by atoms with van der Waals surface area (Å²) in [5.41, 5.74) is 0.431. The summed E-state index contributed by atoms with van der Waals surface area (Å²) in [5.74, 6) is -0.624. The zero-order valence-corrected chi connectivity index (χ0v) is 12.8. The van der Waals surface area contributed by atoms with Gasteiger partial charge in [0.05, 0.1) is 21.8 Å². The van der Waals surface area contributed by atoms with Crippen molar-refractivity contribution in [3.63, 3.8) is 0 Å². The first-order valence-electron chi connectivity index (χ1n) is 6.10. The number of hydrogen-bond acceptors (Lipinski definition) is 5. The summed E-state index contributed by atoms with van der Waals surface area (Å²) in [4.78, 5) is 12.3. The van der Waals surface area contributed by atoms with Crippen molar-refractivity contribution in [3.05, 3.63) is 46.8 Å². The maximum atomic E-state index is 12.3. The highest BCUT2D eigenvalue weighted by Crippen LogP contribution is 2.24. The molecule has 1 amide bonds. The Bertz CT molecular complexity index is 817. The molecule has 0 aliphatic rings. The van der Waals surface area contributed by atoms with E-state index >= 15 is 0 Å². The van der Waals surface area contributed by atoms with E-state index in [9.17, 15) is 13.2 Å². The second-order valence-corrected chi connectivity index (χ2v) is 7.29. The molecule has 21 heavy (non-hydrogen) atoms. The van der Waals surface area contributed by atoms with Gasteiger partial charge < -0.3 is 5.32 Å². The van der Waals surface area contributed by atoms with E-state index in [0.29, 0.717) is 10.6 Å². The summed E-state index contributed by atoms with van der Waals surface area (Å²) in [5, 5.41) is 13.6. The second-order valence-electron chi connectivity index (χ2n) is 4.13. The summed E-state index contributed by atoms with van der Waals surface area (Å²) >= 11 is 1.21. The van der Waals surface area contributed by atoms with Crippen LogP contribution in [0.4, 0.5) is 5.00 Å². The maximum absolute atomic E-state index is 12.3.